The van der Waals surface area contributed by atoms with Crippen LogP contribution in [0.2, 0.25) is 0 Å². The molecular weight excluding hydrogens is 314 g/mol. The fourth-order valence-corrected chi connectivity index (χ4v) is 2.18. The molecule has 9 nitrogen and oxygen atoms in total. The number of pyridine rings is 1. The quantitative estimate of drug-likeness (QED) is 0.468. The number of ether oxygens (including phenoxy) is 2. The Labute approximate surface area is 128 Å². The minimum absolute atomic E-state index is 0.116. The largest absolute Gasteiger partial charge is 0.511 e. The van der Waals surface area contributed by atoms with Gasteiger partial charge in [0.05, 0.1) is 18.5 Å². The Bertz CT molecular complexity index is 776. The molecule has 118 valence electrons. The van der Waals surface area contributed by atoms with Crippen molar-refractivity contribution >= 4 is 29.0 Å². The number of methoxy groups -OCH3 is 1. The molecule has 0 aliphatic carbocycles. The van der Waals surface area contributed by atoms with Gasteiger partial charge in [0.1, 0.15) is 0 Å². The Morgan fingerprint density at radius 2 is 2.23 bits per heavy atom. The molecule has 10 heteroatoms. The van der Waals surface area contributed by atoms with Crippen LogP contribution in [0.15, 0.2) is 16.1 Å². The van der Waals surface area contributed by atoms with Gasteiger partial charge in [0.25, 0.3) is 5.56 Å². The number of hydrogen-bond donors (Lipinski definition) is 2. The molecule has 0 aromatic carbocycles. The SMILES string of the molecule is COCCn1c(=O)c(OC(=O)O)c(O)c2cnc(SC)nc21. The summed E-state index contributed by atoms with van der Waals surface area (Å²) in [6, 6.07) is 0. The van der Waals surface area contributed by atoms with Crippen LogP contribution < -0.4 is 10.3 Å². The summed E-state index contributed by atoms with van der Waals surface area (Å²) in [6.07, 6.45) is 1.37. The number of nitrogens with zero attached hydrogens (tertiary/aromatic N) is 3. The van der Waals surface area contributed by atoms with Crippen LogP contribution in [0.4, 0.5) is 4.79 Å². The third kappa shape index (κ3) is 2.97. The smallest absolute Gasteiger partial charge is 0.504 e. The standard InChI is InChI=1S/C12H13N3O6S/c1-20-4-3-15-9-6(5-13-11(14-9)22-2)7(16)8(10(15)17)21-12(18)19/h5,16H,3-4H2,1-2H3,(H,18,19). The van der Waals surface area contributed by atoms with E-state index in [1.165, 1.54) is 29.6 Å². The van der Waals surface area contributed by atoms with E-state index in [9.17, 15) is 14.7 Å². The maximum atomic E-state index is 12.3. The van der Waals surface area contributed by atoms with Gasteiger partial charge in [0, 0.05) is 13.3 Å². The lowest BCUT2D eigenvalue weighted by molar-refractivity contribution is 0.141. The van der Waals surface area contributed by atoms with Crippen molar-refractivity contribution in [3.05, 3.63) is 16.6 Å². The summed E-state index contributed by atoms with van der Waals surface area (Å²) in [7, 11) is 1.46. The predicted molar refractivity (Wildman–Crippen MR) is 77.8 cm³/mol. The van der Waals surface area contributed by atoms with E-state index < -0.39 is 23.2 Å². The lowest BCUT2D eigenvalue weighted by Crippen LogP contribution is -2.26. The van der Waals surface area contributed by atoms with Crippen molar-refractivity contribution in [3.63, 3.8) is 0 Å². The van der Waals surface area contributed by atoms with Crippen molar-refractivity contribution < 1.29 is 24.5 Å². The molecule has 2 rings (SSSR count). The van der Waals surface area contributed by atoms with Crippen LogP contribution in [0.3, 0.4) is 0 Å². The van der Waals surface area contributed by atoms with Gasteiger partial charge in [0.2, 0.25) is 5.75 Å². The summed E-state index contributed by atoms with van der Waals surface area (Å²) in [5.74, 6) is -1.29. The summed E-state index contributed by atoms with van der Waals surface area (Å²) in [5.41, 5.74) is -0.633. The molecule has 2 aromatic heterocycles. The monoisotopic (exact) mass is 327 g/mol. The number of carbonyl (C=O) groups is 1. The highest BCUT2D eigenvalue weighted by atomic mass is 32.2. The second kappa shape index (κ2) is 6.62. The molecule has 0 unspecified atom stereocenters. The van der Waals surface area contributed by atoms with Gasteiger partial charge in [-0.3, -0.25) is 9.36 Å². The number of rotatable bonds is 5. The molecule has 0 aliphatic heterocycles. The van der Waals surface area contributed by atoms with Crippen molar-refractivity contribution in [2.75, 3.05) is 20.0 Å². The molecule has 0 amide bonds. The molecule has 22 heavy (non-hydrogen) atoms. The average molecular weight is 327 g/mol. The molecule has 2 aromatic rings. The first kappa shape index (κ1) is 16.0. The number of aromatic hydroxyl groups is 1. The van der Waals surface area contributed by atoms with E-state index in [1.54, 1.807) is 6.26 Å². The third-order valence-corrected chi connectivity index (χ3v) is 3.36. The lowest BCUT2D eigenvalue weighted by Gasteiger charge is -2.13. The normalized spacial score (nSPS) is 10.8. The summed E-state index contributed by atoms with van der Waals surface area (Å²) in [5, 5.41) is 19.3. The maximum absolute atomic E-state index is 12.3. The van der Waals surface area contributed by atoms with Crippen LogP contribution in [0.1, 0.15) is 0 Å². The number of thioether (sulfide) groups is 1. The van der Waals surface area contributed by atoms with Gasteiger partial charge in [-0.2, -0.15) is 0 Å². The van der Waals surface area contributed by atoms with Crippen LogP contribution in [0.5, 0.6) is 11.5 Å². The highest BCUT2D eigenvalue weighted by molar-refractivity contribution is 7.98. The Morgan fingerprint density at radius 1 is 1.50 bits per heavy atom. The minimum atomic E-state index is -1.70. The van der Waals surface area contributed by atoms with Crippen LogP contribution in [-0.4, -0.2) is 50.9 Å². The second-order valence-electron chi connectivity index (χ2n) is 4.09. The molecule has 0 radical (unpaired) electrons. The van der Waals surface area contributed by atoms with Crippen LogP contribution >= 0.6 is 11.8 Å². The van der Waals surface area contributed by atoms with Crippen molar-refractivity contribution in [1.82, 2.24) is 14.5 Å². The maximum Gasteiger partial charge on any atom is 0.511 e. The number of aromatic nitrogens is 3. The average Bonchev–Trinajstić information content (AvgIpc) is 2.50. The van der Waals surface area contributed by atoms with Gasteiger partial charge in [-0.05, 0) is 6.26 Å². The fraction of sp³-hybridized carbons (Fsp3) is 0.333. The predicted octanol–water partition coefficient (Wildman–Crippen LogP) is 0.922. The molecule has 0 atom stereocenters. The van der Waals surface area contributed by atoms with E-state index in [1.807, 2.05) is 0 Å². The molecule has 0 spiro atoms. The van der Waals surface area contributed by atoms with Gasteiger partial charge in [-0.15, -0.1) is 0 Å². The summed E-state index contributed by atoms with van der Waals surface area (Å²) >= 11 is 1.27. The molecule has 2 N–H and O–H groups in total. The van der Waals surface area contributed by atoms with Crippen LogP contribution in [-0.2, 0) is 11.3 Å². The van der Waals surface area contributed by atoms with E-state index in [0.717, 1.165) is 0 Å². The zero-order valence-corrected chi connectivity index (χ0v) is 12.6. The van der Waals surface area contributed by atoms with E-state index >= 15 is 0 Å². The summed E-state index contributed by atoms with van der Waals surface area (Å²) < 4.78 is 10.5. The van der Waals surface area contributed by atoms with E-state index in [2.05, 4.69) is 14.7 Å². The van der Waals surface area contributed by atoms with Gasteiger partial charge in [-0.1, -0.05) is 11.8 Å². The first-order valence-corrected chi connectivity index (χ1v) is 7.28. The molecule has 0 saturated heterocycles. The van der Waals surface area contributed by atoms with Gasteiger partial charge in [-0.25, -0.2) is 14.8 Å². The van der Waals surface area contributed by atoms with E-state index in [0.29, 0.717) is 5.16 Å². The lowest BCUT2D eigenvalue weighted by atomic mass is 10.3. The molecule has 0 aliphatic rings. The van der Waals surface area contributed by atoms with Gasteiger partial charge < -0.3 is 19.7 Å². The number of fused-ring (bicyclic) bond motifs is 1. The van der Waals surface area contributed by atoms with Crippen LogP contribution in [0.25, 0.3) is 11.0 Å². The zero-order chi connectivity index (χ0) is 16.3. The minimum Gasteiger partial charge on any atom is -0.504 e. The molecule has 0 saturated carbocycles. The topological polar surface area (TPSA) is 124 Å². The first-order chi connectivity index (χ1) is 10.5. The Kier molecular flexibility index (Phi) is 4.83. The highest BCUT2D eigenvalue weighted by Gasteiger charge is 2.21. The van der Waals surface area contributed by atoms with Crippen molar-refractivity contribution in [2.45, 2.75) is 11.7 Å². The van der Waals surface area contributed by atoms with Crippen molar-refractivity contribution in [2.24, 2.45) is 0 Å². The summed E-state index contributed by atoms with van der Waals surface area (Å²) in [4.78, 5) is 31.2. The number of hydrogen-bond acceptors (Lipinski definition) is 8. The second-order valence-corrected chi connectivity index (χ2v) is 4.86. The van der Waals surface area contributed by atoms with E-state index in [-0.39, 0.29) is 24.2 Å². The fourth-order valence-electron chi connectivity index (χ4n) is 1.84. The van der Waals surface area contributed by atoms with Gasteiger partial charge in [0.15, 0.2) is 16.6 Å². The van der Waals surface area contributed by atoms with Gasteiger partial charge >= 0.3 is 6.16 Å². The third-order valence-electron chi connectivity index (χ3n) is 2.80. The molecule has 2 heterocycles. The highest BCUT2D eigenvalue weighted by Crippen LogP contribution is 2.30. The molecule has 0 fully saturated rings. The Balaban J connectivity index is 2.78. The Hall–Kier alpha value is -2.33. The van der Waals surface area contributed by atoms with Crippen LogP contribution in [0, 0.1) is 0 Å². The number of carboxylic acid groups (broad SMARTS) is 1. The summed E-state index contributed by atoms with van der Waals surface area (Å²) in [6.45, 7) is 0.317. The van der Waals surface area contributed by atoms with Crippen molar-refractivity contribution in [3.8, 4) is 11.5 Å². The molecular formula is C12H13N3O6S. The Morgan fingerprint density at radius 3 is 2.82 bits per heavy atom. The molecule has 0 bridgehead atoms. The first-order valence-electron chi connectivity index (χ1n) is 6.05. The van der Waals surface area contributed by atoms with E-state index in [4.69, 9.17) is 9.84 Å². The zero-order valence-electron chi connectivity index (χ0n) is 11.8. The van der Waals surface area contributed by atoms with Crippen molar-refractivity contribution in [1.29, 1.82) is 0 Å².